The number of likely N-dealkylation sites (tertiary alicyclic amines) is 1. The number of benzene rings is 1. The normalized spacial score (nSPS) is 21.4. The van der Waals surface area contributed by atoms with Gasteiger partial charge in [-0.3, -0.25) is 4.79 Å². The molecule has 7 heteroatoms. The van der Waals surface area contributed by atoms with Gasteiger partial charge in [-0.05, 0) is 75.6 Å². The molecule has 1 saturated heterocycles. The van der Waals surface area contributed by atoms with Crippen molar-refractivity contribution in [2.24, 2.45) is 5.92 Å². The van der Waals surface area contributed by atoms with E-state index in [0.29, 0.717) is 11.6 Å². The van der Waals surface area contributed by atoms with Crippen LogP contribution in [0.5, 0.6) is 0 Å². The molecule has 0 atom stereocenters. The Balaban J connectivity index is 1.41. The molecule has 0 unspecified atom stereocenters. The highest BCUT2D eigenvalue weighted by Gasteiger charge is 2.30. The molecule has 0 aromatic heterocycles. The maximum absolute atomic E-state index is 13.0. The molecule has 1 aliphatic heterocycles. The lowest BCUT2D eigenvalue weighted by Crippen LogP contribution is -2.45. The highest BCUT2D eigenvalue weighted by molar-refractivity contribution is 7.89. The van der Waals surface area contributed by atoms with Crippen LogP contribution in [0.25, 0.3) is 0 Å². The minimum Gasteiger partial charge on any atom is -0.339 e. The van der Waals surface area contributed by atoms with Crippen molar-refractivity contribution < 1.29 is 13.2 Å². The van der Waals surface area contributed by atoms with Crippen LogP contribution in [0.2, 0.25) is 0 Å². The Labute approximate surface area is 161 Å². The average molecular weight is 392 g/mol. The number of nitrogens with zero attached hydrogens (tertiary/aromatic N) is 1. The summed E-state index contributed by atoms with van der Waals surface area (Å²) in [5, 5.41) is 3.62. The van der Waals surface area contributed by atoms with Crippen molar-refractivity contribution in [3.63, 3.8) is 0 Å². The first-order valence-electron chi connectivity index (χ1n) is 10.1. The molecule has 2 aliphatic carbocycles. The molecule has 1 heterocycles. The molecule has 4 rings (SSSR count). The van der Waals surface area contributed by atoms with Crippen LogP contribution in [0.3, 0.4) is 0 Å². The van der Waals surface area contributed by atoms with Crippen molar-refractivity contribution in [3.05, 3.63) is 29.3 Å². The summed E-state index contributed by atoms with van der Waals surface area (Å²) in [5.41, 5.74) is 1.32. The lowest BCUT2D eigenvalue weighted by Gasteiger charge is -2.33. The van der Waals surface area contributed by atoms with Gasteiger partial charge in [0.15, 0.2) is 0 Å². The molecule has 1 amide bonds. The number of carbonyl (C=O) groups is 1. The third-order valence-corrected chi connectivity index (χ3v) is 7.34. The maximum Gasteiger partial charge on any atom is 0.254 e. The Bertz CT molecular complexity index is 808. The third-order valence-electron chi connectivity index (χ3n) is 5.82. The molecular formula is C20H29N3O3S. The van der Waals surface area contributed by atoms with E-state index in [1.807, 2.05) is 11.8 Å². The van der Waals surface area contributed by atoms with Crippen molar-refractivity contribution in [1.82, 2.24) is 14.9 Å². The van der Waals surface area contributed by atoms with Crippen LogP contribution < -0.4 is 10.0 Å². The lowest BCUT2D eigenvalue weighted by molar-refractivity contribution is 0.0704. The summed E-state index contributed by atoms with van der Waals surface area (Å²) in [6.07, 6.45) is 6.38. The number of rotatable bonds is 7. The molecular weight excluding hydrogens is 362 g/mol. The minimum atomic E-state index is -3.55. The van der Waals surface area contributed by atoms with Crippen LogP contribution in [-0.2, 0) is 10.0 Å². The summed E-state index contributed by atoms with van der Waals surface area (Å²) in [6, 6.07) is 5.41. The zero-order valence-electron chi connectivity index (χ0n) is 15.9. The van der Waals surface area contributed by atoms with Crippen molar-refractivity contribution in [2.75, 3.05) is 19.6 Å². The summed E-state index contributed by atoms with van der Waals surface area (Å²) in [4.78, 5) is 15.1. The van der Waals surface area contributed by atoms with E-state index in [4.69, 9.17) is 0 Å². The molecule has 0 spiro atoms. The summed E-state index contributed by atoms with van der Waals surface area (Å²) in [6.45, 7) is 4.41. The van der Waals surface area contributed by atoms with E-state index < -0.39 is 10.0 Å². The Morgan fingerprint density at radius 1 is 1.07 bits per heavy atom. The second-order valence-corrected chi connectivity index (χ2v) is 10.0. The molecule has 1 aromatic carbocycles. The monoisotopic (exact) mass is 391 g/mol. The fourth-order valence-electron chi connectivity index (χ4n) is 3.60. The molecule has 0 bridgehead atoms. The Morgan fingerprint density at radius 3 is 2.41 bits per heavy atom. The molecule has 27 heavy (non-hydrogen) atoms. The zero-order valence-corrected chi connectivity index (χ0v) is 16.7. The highest BCUT2D eigenvalue weighted by atomic mass is 32.2. The van der Waals surface area contributed by atoms with E-state index in [1.165, 1.54) is 12.8 Å². The molecule has 2 saturated carbocycles. The first-order chi connectivity index (χ1) is 12.9. The van der Waals surface area contributed by atoms with Gasteiger partial charge in [-0.25, -0.2) is 13.1 Å². The number of aryl methyl sites for hydroxylation is 1. The van der Waals surface area contributed by atoms with Crippen molar-refractivity contribution >= 4 is 15.9 Å². The number of amides is 1. The standard InChI is InChI=1S/C20H29N3O3S/c1-14-2-7-18(27(25,26)22-17-5-6-17)12-19(14)20(24)23-10-8-16(9-11-23)21-13-15-3-4-15/h2,7,12,15-17,21-22H,3-6,8-11,13H2,1H3. The summed E-state index contributed by atoms with van der Waals surface area (Å²) < 4.78 is 27.6. The first-order valence-corrected chi connectivity index (χ1v) is 11.6. The minimum absolute atomic E-state index is 0.0534. The fourth-order valence-corrected chi connectivity index (χ4v) is 4.93. The second-order valence-electron chi connectivity index (χ2n) is 8.29. The van der Waals surface area contributed by atoms with Crippen LogP contribution in [0.1, 0.15) is 54.4 Å². The molecule has 3 fully saturated rings. The summed E-state index contributed by atoms with van der Waals surface area (Å²) in [7, 11) is -3.55. The topological polar surface area (TPSA) is 78.5 Å². The van der Waals surface area contributed by atoms with E-state index in [9.17, 15) is 13.2 Å². The smallest absolute Gasteiger partial charge is 0.254 e. The molecule has 2 N–H and O–H groups in total. The zero-order chi connectivity index (χ0) is 19.0. The summed E-state index contributed by atoms with van der Waals surface area (Å²) >= 11 is 0. The second kappa shape index (κ2) is 7.53. The van der Waals surface area contributed by atoms with Crippen LogP contribution in [-0.4, -0.2) is 50.9 Å². The number of hydrogen-bond donors (Lipinski definition) is 2. The van der Waals surface area contributed by atoms with Gasteiger partial charge >= 0.3 is 0 Å². The Kier molecular flexibility index (Phi) is 5.27. The molecule has 3 aliphatic rings. The number of carbonyl (C=O) groups excluding carboxylic acids is 1. The van der Waals surface area contributed by atoms with Gasteiger partial charge in [-0.15, -0.1) is 0 Å². The van der Waals surface area contributed by atoms with Gasteiger partial charge in [0.25, 0.3) is 5.91 Å². The van der Waals surface area contributed by atoms with Crippen LogP contribution >= 0.6 is 0 Å². The Morgan fingerprint density at radius 2 is 1.78 bits per heavy atom. The predicted molar refractivity (Wildman–Crippen MR) is 104 cm³/mol. The van der Waals surface area contributed by atoms with Gasteiger partial charge in [0, 0.05) is 30.7 Å². The third kappa shape index (κ3) is 4.70. The van der Waals surface area contributed by atoms with Crippen molar-refractivity contribution in [1.29, 1.82) is 0 Å². The molecule has 6 nitrogen and oxygen atoms in total. The van der Waals surface area contributed by atoms with E-state index in [0.717, 1.165) is 56.8 Å². The van der Waals surface area contributed by atoms with E-state index in [2.05, 4.69) is 10.0 Å². The Hall–Kier alpha value is -1.44. The van der Waals surface area contributed by atoms with Crippen LogP contribution in [0.4, 0.5) is 0 Å². The largest absolute Gasteiger partial charge is 0.339 e. The number of nitrogens with one attached hydrogen (secondary N) is 2. The quantitative estimate of drug-likeness (QED) is 0.746. The van der Waals surface area contributed by atoms with Gasteiger partial charge in [-0.1, -0.05) is 6.07 Å². The summed E-state index contributed by atoms with van der Waals surface area (Å²) in [5.74, 6) is 0.804. The SMILES string of the molecule is Cc1ccc(S(=O)(=O)NC2CC2)cc1C(=O)N1CCC(NCC2CC2)CC1. The predicted octanol–water partition coefficient (Wildman–Crippen LogP) is 2.04. The van der Waals surface area contributed by atoms with Crippen molar-refractivity contribution in [2.45, 2.75) is 62.4 Å². The number of hydrogen-bond acceptors (Lipinski definition) is 4. The van der Waals surface area contributed by atoms with Gasteiger partial charge in [0.1, 0.15) is 0 Å². The van der Waals surface area contributed by atoms with Crippen LogP contribution in [0.15, 0.2) is 23.1 Å². The molecule has 1 aromatic rings. The first kappa shape index (κ1) is 18.9. The van der Waals surface area contributed by atoms with E-state index >= 15 is 0 Å². The number of sulfonamides is 1. The van der Waals surface area contributed by atoms with Crippen molar-refractivity contribution in [3.8, 4) is 0 Å². The maximum atomic E-state index is 13.0. The highest BCUT2D eigenvalue weighted by Crippen LogP contribution is 2.28. The van der Waals surface area contributed by atoms with Crippen LogP contribution in [0, 0.1) is 12.8 Å². The van der Waals surface area contributed by atoms with Gasteiger partial charge in [-0.2, -0.15) is 0 Å². The number of piperidine rings is 1. The van der Waals surface area contributed by atoms with Gasteiger partial charge in [0.2, 0.25) is 10.0 Å². The van der Waals surface area contributed by atoms with Gasteiger partial charge < -0.3 is 10.2 Å². The van der Waals surface area contributed by atoms with Gasteiger partial charge in [0.05, 0.1) is 4.90 Å². The van der Waals surface area contributed by atoms with E-state index in [1.54, 1.807) is 18.2 Å². The molecule has 0 radical (unpaired) electrons. The average Bonchev–Trinajstić information content (AvgIpc) is 3.56. The van der Waals surface area contributed by atoms with E-state index in [-0.39, 0.29) is 16.8 Å². The fraction of sp³-hybridized carbons (Fsp3) is 0.650. The lowest BCUT2D eigenvalue weighted by atomic mass is 10.0. The molecule has 148 valence electrons.